The number of nitro benzene ring substituents is 1. The Morgan fingerprint density at radius 2 is 2.05 bits per heavy atom. The molecule has 0 spiro atoms. The molecule has 2 aromatic rings. The van der Waals surface area contributed by atoms with Crippen LogP contribution in [0.15, 0.2) is 36.4 Å². The normalized spacial score (nSPS) is 10.2. The summed E-state index contributed by atoms with van der Waals surface area (Å²) < 4.78 is 14.4. The number of nitro groups is 1. The van der Waals surface area contributed by atoms with Gasteiger partial charge in [-0.15, -0.1) is 0 Å². The first-order valence-electron chi connectivity index (χ1n) is 5.62. The first-order chi connectivity index (χ1) is 9.88. The Bertz CT molecular complexity index is 736. The molecule has 0 radical (unpaired) electrons. The summed E-state index contributed by atoms with van der Waals surface area (Å²) in [5, 5.41) is 22.6. The van der Waals surface area contributed by atoms with Gasteiger partial charge in [0.2, 0.25) is 0 Å². The number of aromatic carboxylic acids is 1. The number of carboxylic acid groups (broad SMARTS) is 1. The van der Waals surface area contributed by atoms with Crippen LogP contribution in [0.5, 0.6) is 0 Å². The molecule has 0 saturated carbocycles. The van der Waals surface area contributed by atoms with E-state index in [2.05, 4.69) is 27.9 Å². The van der Waals surface area contributed by atoms with Crippen molar-refractivity contribution in [2.24, 2.45) is 0 Å². The Hall–Kier alpha value is -2.23. The van der Waals surface area contributed by atoms with Gasteiger partial charge in [0.05, 0.1) is 16.6 Å². The van der Waals surface area contributed by atoms with Crippen molar-refractivity contribution in [1.82, 2.24) is 0 Å². The third-order valence-corrected chi connectivity index (χ3v) is 3.29. The van der Waals surface area contributed by atoms with Crippen LogP contribution < -0.4 is 5.32 Å². The Morgan fingerprint density at radius 3 is 2.62 bits per heavy atom. The van der Waals surface area contributed by atoms with Crippen molar-refractivity contribution in [2.45, 2.75) is 0 Å². The molecule has 0 amide bonds. The van der Waals surface area contributed by atoms with Crippen LogP contribution in [0.3, 0.4) is 0 Å². The minimum atomic E-state index is -1.49. The zero-order valence-electron chi connectivity index (χ0n) is 10.3. The number of benzene rings is 2. The molecule has 2 aromatic carbocycles. The van der Waals surface area contributed by atoms with Gasteiger partial charge in [0, 0.05) is 9.26 Å². The molecule has 108 valence electrons. The fourth-order valence-corrected chi connectivity index (χ4v) is 2.24. The number of carbonyl (C=O) groups is 1. The lowest BCUT2D eigenvalue weighted by Gasteiger charge is -2.09. The summed E-state index contributed by atoms with van der Waals surface area (Å²) in [5.74, 6) is -2.64. The summed E-state index contributed by atoms with van der Waals surface area (Å²) in [6.45, 7) is 0. The largest absolute Gasteiger partial charge is 0.478 e. The summed E-state index contributed by atoms with van der Waals surface area (Å²) >= 11 is 2.06. The first kappa shape index (κ1) is 15.2. The van der Waals surface area contributed by atoms with Gasteiger partial charge in [0.15, 0.2) is 0 Å². The van der Waals surface area contributed by atoms with Crippen LogP contribution in [0, 0.1) is 19.5 Å². The fourth-order valence-electron chi connectivity index (χ4n) is 1.70. The van der Waals surface area contributed by atoms with E-state index in [-0.39, 0.29) is 5.69 Å². The predicted molar refractivity (Wildman–Crippen MR) is 82.5 cm³/mol. The number of hydrogen-bond acceptors (Lipinski definition) is 4. The minimum absolute atomic E-state index is 0.0826. The van der Waals surface area contributed by atoms with E-state index in [0.29, 0.717) is 11.8 Å². The van der Waals surface area contributed by atoms with E-state index in [4.69, 9.17) is 5.11 Å². The van der Waals surface area contributed by atoms with Gasteiger partial charge in [-0.3, -0.25) is 10.1 Å². The number of anilines is 2. The monoisotopic (exact) mass is 402 g/mol. The van der Waals surface area contributed by atoms with Crippen molar-refractivity contribution < 1.29 is 19.2 Å². The molecule has 0 aromatic heterocycles. The van der Waals surface area contributed by atoms with E-state index in [1.807, 2.05) is 6.07 Å². The van der Waals surface area contributed by atoms with Crippen LogP contribution in [0.4, 0.5) is 21.5 Å². The third-order valence-electron chi connectivity index (χ3n) is 2.62. The summed E-state index contributed by atoms with van der Waals surface area (Å²) in [6, 6.07) is 8.45. The first-order valence-corrected chi connectivity index (χ1v) is 6.70. The highest BCUT2D eigenvalue weighted by atomic mass is 127. The smallest absolute Gasteiger partial charge is 0.338 e. The average Bonchev–Trinajstić information content (AvgIpc) is 2.39. The van der Waals surface area contributed by atoms with Gasteiger partial charge in [-0.05, 0) is 46.9 Å². The predicted octanol–water partition coefficient (Wildman–Crippen LogP) is 3.78. The molecule has 6 nitrogen and oxygen atoms in total. The molecular weight excluding hydrogens is 394 g/mol. The van der Waals surface area contributed by atoms with E-state index in [1.165, 1.54) is 0 Å². The summed E-state index contributed by atoms with van der Waals surface area (Å²) in [6.07, 6.45) is 0. The zero-order chi connectivity index (χ0) is 15.6. The maximum absolute atomic E-state index is 13.5. The van der Waals surface area contributed by atoms with Crippen molar-refractivity contribution in [3.05, 3.63) is 61.5 Å². The zero-order valence-corrected chi connectivity index (χ0v) is 12.5. The van der Waals surface area contributed by atoms with E-state index in [9.17, 15) is 19.3 Å². The lowest BCUT2D eigenvalue weighted by Crippen LogP contribution is -2.05. The van der Waals surface area contributed by atoms with Gasteiger partial charge in [-0.2, -0.15) is 0 Å². The van der Waals surface area contributed by atoms with Gasteiger partial charge in [-0.1, -0.05) is 6.07 Å². The molecule has 2 N–H and O–H groups in total. The van der Waals surface area contributed by atoms with Gasteiger partial charge in [-0.25, -0.2) is 9.18 Å². The maximum Gasteiger partial charge on any atom is 0.338 e. The van der Waals surface area contributed by atoms with Crippen molar-refractivity contribution in [1.29, 1.82) is 0 Å². The second kappa shape index (κ2) is 6.04. The van der Waals surface area contributed by atoms with Crippen LogP contribution in [-0.2, 0) is 0 Å². The fraction of sp³-hybridized carbons (Fsp3) is 0. The molecular formula is C13H8FIN2O4. The van der Waals surface area contributed by atoms with Crippen molar-refractivity contribution >= 4 is 45.6 Å². The van der Waals surface area contributed by atoms with Crippen molar-refractivity contribution in [3.63, 3.8) is 0 Å². The topological polar surface area (TPSA) is 92.5 Å². The molecule has 0 aliphatic rings. The number of hydrogen-bond donors (Lipinski definition) is 2. The minimum Gasteiger partial charge on any atom is -0.478 e. The number of nitrogens with zero attached hydrogens (tertiary/aromatic N) is 1. The molecule has 0 fully saturated rings. The van der Waals surface area contributed by atoms with Crippen LogP contribution in [0.25, 0.3) is 0 Å². The van der Waals surface area contributed by atoms with Gasteiger partial charge in [0.1, 0.15) is 11.5 Å². The number of carboxylic acids is 1. The van der Waals surface area contributed by atoms with Crippen LogP contribution >= 0.6 is 22.6 Å². The van der Waals surface area contributed by atoms with Crippen molar-refractivity contribution in [3.8, 4) is 0 Å². The number of rotatable bonds is 4. The summed E-state index contributed by atoms with van der Waals surface area (Å²) in [7, 11) is 0. The molecule has 0 saturated heterocycles. The highest BCUT2D eigenvalue weighted by molar-refractivity contribution is 14.1. The highest BCUT2D eigenvalue weighted by Crippen LogP contribution is 2.31. The van der Waals surface area contributed by atoms with E-state index >= 15 is 0 Å². The molecule has 0 aliphatic heterocycles. The van der Waals surface area contributed by atoms with Crippen LogP contribution in [0.2, 0.25) is 0 Å². The molecule has 21 heavy (non-hydrogen) atoms. The molecule has 8 heteroatoms. The van der Waals surface area contributed by atoms with Gasteiger partial charge in [0.25, 0.3) is 5.69 Å². The molecule has 0 aliphatic carbocycles. The lowest BCUT2D eigenvalue weighted by molar-refractivity contribution is -0.384. The molecule has 0 atom stereocenters. The second-order valence-electron chi connectivity index (χ2n) is 4.05. The Kier molecular flexibility index (Phi) is 4.36. The van der Waals surface area contributed by atoms with E-state index < -0.39 is 28.0 Å². The van der Waals surface area contributed by atoms with Crippen LogP contribution in [0.1, 0.15) is 10.4 Å². The lowest BCUT2D eigenvalue weighted by atomic mass is 10.1. The quantitative estimate of drug-likeness (QED) is 0.462. The maximum atomic E-state index is 13.5. The highest BCUT2D eigenvalue weighted by Gasteiger charge is 2.21. The molecule has 2 rings (SSSR count). The van der Waals surface area contributed by atoms with E-state index in [0.717, 1.165) is 9.64 Å². The SMILES string of the molecule is O=C(O)c1cc(Nc2cccc(I)c2)c([N+](=O)[O-])cc1F. The molecule has 0 unspecified atom stereocenters. The van der Waals surface area contributed by atoms with Gasteiger partial charge >= 0.3 is 5.97 Å². The second-order valence-corrected chi connectivity index (χ2v) is 5.29. The van der Waals surface area contributed by atoms with Crippen molar-refractivity contribution in [2.75, 3.05) is 5.32 Å². The Morgan fingerprint density at radius 1 is 1.33 bits per heavy atom. The molecule has 0 bridgehead atoms. The third kappa shape index (κ3) is 3.45. The standard InChI is InChI=1S/C13H8FIN2O4/c14-10-6-12(17(20)21)11(5-9(10)13(18)19)16-8-3-1-2-7(15)4-8/h1-6,16H,(H,18,19). The summed E-state index contributed by atoms with van der Waals surface area (Å²) in [4.78, 5) is 21.1. The number of halogens is 2. The number of nitrogens with one attached hydrogen (secondary N) is 1. The Labute approximate surface area is 131 Å². The molecule has 0 heterocycles. The Balaban J connectivity index is 2.52. The van der Waals surface area contributed by atoms with E-state index in [1.54, 1.807) is 18.2 Å². The van der Waals surface area contributed by atoms with Crippen LogP contribution in [-0.4, -0.2) is 16.0 Å². The van der Waals surface area contributed by atoms with Gasteiger partial charge < -0.3 is 10.4 Å². The summed E-state index contributed by atoms with van der Waals surface area (Å²) in [5.41, 5.74) is -0.709. The average molecular weight is 402 g/mol.